The summed E-state index contributed by atoms with van der Waals surface area (Å²) in [5, 5.41) is 16.9. The lowest BCUT2D eigenvalue weighted by atomic mass is 9.71. The van der Waals surface area contributed by atoms with Gasteiger partial charge in [-0.2, -0.15) is 4.98 Å². The Hall–Kier alpha value is -2.88. The first kappa shape index (κ1) is 27.7. The fraction of sp³-hybridized carbons (Fsp3) is 0.621. The van der Waals surface area contributed by atoms with Crippen LogP contribution in [0.5, 0.6) is 0 Å². The normalized spacial score (nSPS) is 24.3. The van der Waals surface area contributed by atoms with Crippen LogP contribution in [0.4, 0.5) is 30.8 Å². The summed E-state index contributed by atoms with van der Waals surface area (Å²) in [6.45, 7) is 10.5. The molecular formula is C29H39F3N6O. The zero-order valence-corrected chi connectivity index (χ0v) is 23.4. The number of rotatable bonds is 6. The van der Waals surface area contributed by atoms with Crippen molar-refractivity contribution in [1.82, 2.24) is 19.5 Å². The van der Waals surface area contributed by atoms with Crippen LogP contribution in [0.2, 0.25) is 0 Å². The average Bonchev–Trinajstić information content (AvgIpc) is 3.45. The number of aromatic nitrogens is 4. The van der Waals surface area contributed by atoms with Crippen molar-refractivity contribution in [1.29, 1.82) is 0 Å². The molecule has 0 radical (unpaired) electrons. The van der Waals surface area contributed by atoms with E-state index in [1.165, 1.54) is 0 Å². The summed E-state index contributed by atoms with van der Waals surface area (Å²) in [5.41, 5.74) is -0.0208. The van der Waals surface area contributed by atoms with Gasteiger partial charge in [0.1, 0.15) is 17.0 Å². The topological polar surface area (TPSA) is 87.9 Å². The summed E-state index contributed by atoms with van der Waals surface area (Å²) in [4.78, 5) is 13.9. The van der Waals surface area contributed by atoms with E-state index in [2.05, 4.69) is 41.4 Å². The van der Waals surface area contributed by atoms with E-state index in [1.807, 2.05) is 4.57 Å². The van der Waals surface area contributed by atoms with E-state index in [9.17, 15) is 18.3 Å². The Morgan fingerprint density at radius 3 is 2.13 bits per heavy atom. The van der Waals surface area contributed by atoms with Crippen LogP contribution in [0.15, 0.2) is 18.3 Å². The number of nitrogens with zero attached hydrogens (tertiary/aromatic N) is 4. The van der Waals surface area contributed by atoms with Crippen LogP contribution in [-0.4, -0.2) is 36.3 Å². The molecule has 5 rings (SSSR count). The molecule has 0 aliphatic heterocycles. The number of halogens is 3. The van der Waals surface area contributed by atoms with E-state index in [0.29, 0.717) is 47.0 Å². The van der Waals surface area contributed by atoms with Crippen molar-refractivity contribution in [2.24, 2.45) is 17.3 Å². The second-order valence-corrected chi connectivity index (χ2v) is 13.0. The Balaban J connectivity index is 1.47. The molecular weight excluding hydrogens is 505 g/mol. The van der Waals surface area contributed by atoms with E-state index in [-0.39, 0.29) is 23.9 Å². The third-order valence-electron chi connectivity index (χ3n) is 8.73. The first-order valence-corrected chi connectivity index (χ1v) is 13.9. The second-order valence-electron chi connectivity index (χ2n) is 13.0. The molecule has 2 aromatic heterocycles. The fourth-order valence-corrected chi connectivity index (χ4v) is 6.29. The number of hydrogen-bond donors (Lipinski definition) is 3. The molecule has 0 amide bonds. The molecule has 0 bridgehead atoms. The lowest BCUT2D eigenvalue weighted by molar-refractivity contribution is 0.0186. The van der Waals surface area contributed by atoms with E-state index in [0.717, 1.165) is 38.5 Å². The molecule has 2 heterocycles. The smallest absolute Gasteiger partial charge is 0.224 e. The van der Waals surface area contributed by atoms with E-state index in [4.69, 9.17) is 4.98 Å². The molecule has 2 saturated carbocycles. The largest absolute Gasteiger partial charge is 0.390 e. The number of imidazole rings is 1. The minimum absolute atomic E-state index is 0.0459. The van der Waals surface area contributed by atoms with Crippen LogP contribution in [0.1, 0.15) is 85.6 Å². The SMILES string of the molecule is CC(C)(C)C1CCC(Nc2ncc3nc(Nc4c(F)cc(F)cc4F)n([C@H]4CC[C@@H](C(C)(C)O)C4)c3n2)CC1. The second kappa shape index (κ2) is 10.3. The van der Waals surface area contributed by atoms with Gasteiger partial charge in [-0.1, -0.05) is 20.8 Å². The number of benzene rings is 1. The van der Waals surface area contributed by atoms with Crippen molar-refractivity contribution in [2.45, 2.75) is 97.2 Å². The van der Waals surface area contributed by atoms with Crippen molar-refractivity contribution in [2.75, 3.05) is 10.6 Å². The lowest BCUT2D eigenvalue weighted by Gasteiger charge is -2.37. The van der Waals surface area contributed by atoms with Crippen molar-refractivity contribution in [3.8, 4) is 0 Å². The lowest BCUT2D eigenvalue weighted by Crippen LogP contribution is -2.32. The first-order valence-electron chi connectivity index (χ1n) is 13.9. The van der Waals surface area contributed by atoms with Crippen molar-refractivity contribution < 1.29 is 18.3 Å². The van der Waals surface area contributed by atoms with E-state index >= 15 is 0 Å². The van der Waals surface area contributed by atoms with Crippen LogP contribution >= 0.6 is 0 Å². The number of aliphatic hydroxyl groups is 1. The van der Waals surface area contributed by atoms with E-state index in [1.54, 1.807) is 20.0 Å². The summed E-state index contributed by atoms with van der Waals surface area (Å²) in [6.07, 6.45) is 8.17. The molecule has 1 aromatic carbocycles. The van der Waals surface area contributed by atoms with Crippen LogP contribution < -0.4 is 10.6 Å². The molecule has 212 valence electrons. The maximum Gasteiger partial charge on any atom is 0.224 e. The minimum atomic E-state index is -1.05. The number of anilines is 3. The van der Waals surface area contributed by atoms with Gasteiger partial charge in [0.2, 0.25) is 11.9 Å². The molecule has 7 nitrogen and oxygen atoms in total. The van der Waals surface area contributed by atoms with Gasteiger partial charge in [-0.3, -0.25) is 4.57 Å². The molecule has 39 heavy (non-hydrogen) atoms. The molecule has 2 atom stereocenters. The van der Waals surface area contributed by atoms with Gasteiger partial charge in [0, 0.05) is 24.2 Å². The van der Waals surface area contributed by atoms with Gasteiger partial charge >= 0.3 is 0 Å². The Bertz CT molecular complexity index is 1310. The molecule has 0 unspecified atom stereocenters. The highest BCUT2D eigenvalue weighted by Crippen LogP contribution is 2.43. The Labute approximate surface area is 227 Å². The summed E-state index contributed by atoms with van der Waals surface area (Å²) >= 11 is 0. The molecule has 0 saturated heterocycles. The zero-order valence-electron chi connectivity index (χ0n) is 23.4. The quantitative estimate of drug-likeness (QED) is 0.306. The first-order chi connectivity index (χ1) is 18.3. The number of nitrogens with one attached hydrogen (secondary N) is 2. The standard InChI is InChI=1S/C29H39F3N6O/c1-28(2,3)16-6-9-19(10-7-16)34-26-33-15-23-25(37-26)38(20-11-8-17(12-20)29(4,5)39)27(35-23)36-24-21(31)13-18(30)14-22(24)32/h13-17,19-20,39H,6-12H2,1-5H3,(H,35,36)(H,33,34,37)/t16?,17-,19?,20+/m1/s1. The Kier molecular flexibility index (Phi) is 7.28. The summed E-state index contributed by atoms with van der Waals surface area (Å²) in [7, 11) is 0. The number of fused-ring (bicyclic) bond motifs is 1. The van der Waals surface area contributed by atoms with Gasteiger partial charge in [0.05, 0.1) is 11.8 Å². The van der Waals surface area contributed by atoms with Gasteiger partial charge < -0.3 is 15.7 Å². The summed E-state index contributed by atoms with van der Waals surface area (Å²) < 4.78 is 44.5. The zero-order chi connectivity index (χ0) is 28.1. The highest BCUT2D eigenvalue weighted by Gasteiger charge is 2.37. The summed E-state index contributed by atoms with van der Waals surface area (Å²) in [5.74, 6) is -1.67. The molecule has 2 fully saturated rings. The van der Waals surface area contributed by atoms with Crippen LogP contribution in [-0.2, 0) is 0 Å². The van der Waals surface area contributed by atoms with E-state index < -0.39 is 28.7 Å². The van der Waals surface area contributed by atoms with Crippen LogP contribution in [0.25, 0.3) is 11.2 Å². The highest BCUT2D eigenvalue weighted by atomic mass is 19.1. The molecule has 3 aromatic rings. The number of hydrogen-bond acceptors (Lipinski definition) is 6. The third-order valence-corrected chi connectivity index (χ3v) is 8.73. The monoisotopic (exact) mass is 544 g/mol. The molecule has 2 aliphatic rings. The molecule has 3 N–H and O–H groups in total. The predicted octanol–water partition coefficient (Wildman–Crippen LogP) is 7.12. The average molecular weight is 545 g/mol. The Morgan fingerprint density at radius 1 is 0.897 bits per heavy atom. The molecule has 10 heteroatoms. The minimum Gasteiger partial charge on any atom is -0.390 e. The maximum absolute atomic E-state index is 14.6. The Morgan fingerprint density at radius 2 is 1.54 bits per heavy atom. The van der Waals surface area contributed by atoms with Crippen LogP contribution in [0, 0.1) is 34.7 Å². The van der Waals surface area contributed by atoms with Gasteiger partial charge in [0.15, 0.2) is 17.3 Å². The van der Waals surface area contributed by atoms with Gasteiger partial charge in [-0.25, -0.2) is 23.1 Å². The fourth-order valence-electron chi connectivity index (χ4n) is 6.29. The van der Waals surface area contributed by atoms with Crippen molar-refractivity contribution in [3.63, 3.8) is 0 Å². The predicted molar refractivity (Wildman–Crippen MR) is 146 cm³/mol. The van der Waals surface area contributed by atoms with Crippen molar-refractivity contribution >= 4 is 28.7 Å². The summed E-state index contributed by atoms with van der Waals surface area (Å²) in [6, 6.07) is 1.43. The van der Waals surface area contributed by atoms with Crippen LogP contribution in [0.3, 0.4) is 0 Å². The van der Waals surface area contributed by atoms with Gasteiger partial charge in [-0.05, 0) is 76.0 Å². The van der Waals surface area contributed by atoms with Crippen molar-refractivity contribution in [3.05, 3.63) is 35.8 Å². The van der Waals surface area contributed by atoms with Gasteiger partial charge in [-0.15, -0.1) is 0 Å². The third kappa shape index (κ3) is 5.85. The maximum atomic E-state index is 14.6. The molecule has 0 spiro atoms. The molecule has 2 aliphatic carbocycles. The highest BCUT2D eigenvalue weighted by molar-refractivity contribution is 5.76. The van der Waals surface area contributed by atoms with Gasteiger partial charge in [0.25, 0.3) is 0 Å².